The van der Waals surface area contributed by atoms with Crippen LogP contribution in [-0.2, 0) is 0 Å². The van der Waals surface area contributed by atoms with Crippen LogP contribution in [0, 0.1) is 30.0 Å². The largest absolute Gasteiger partial charge is 0.370 e. The molecule has 2 nitrogen and oxygen atoms in total. The molecule has 1 N–H and O–H groups in total. The van der Waals surface area contributed by atoms with Crippen molar-refractivity contribution >= 4 is 5.69 Å². The Morgan fingerprint density at radius 3 is 2.47 bits per heavy atom. The minimum Gasteiger partial charge on any atom is -0.370 e. The fourth-order valence-electron chi connectivity index (χ4n) is 2.90. The highest BCUT2D eigenvalue weighted by atomic mass is 19.1. The summed E-state index contributed by atoms with van der Waals surface area (Å²) in [6.07, 6.45) is 7.14. The second-order valence-electron chi connectivity index (χ2n) is 5.52. The molecular formula is C16H21FN2. The van der Waals surface area contributed by atoms with Gasteiger partial charge in [0.05, 0.1) is 6.07 Å². The summed E-state index contributed by atoms with van der Waals surface area (Å²) in [5.41, 5.74) is 1.59. The van der Waals surface area contributed by atoms with Crippen molar-refractivity contribution in [1.82, 2.24) is 0 Å². The van der Waals surface area contributed by atoms with Crippen LogP contribution in [-0.4, -0.2) is 6.04 Å². The first-order valence-electron chi connectivity index (χ1n) is 7.12. The molecule has 0 spiro atoms. The molecule has 0 saturated heterocycles. The van der Waals surface area contributed by atoms with Crippen molar-refractivity contribution < 1.29 is 4.39 Å². The van der Waals surface area contributed by atoms with E-state index in [0.29, 0.717) is 11.6 Å². The lowest BCUT2D eigenvalue weighted by atomic mass is 9.92. The van der Waals surface area contributed by atoms with Crippen LogP contribution in [0.3, 0.4) is 0 Å². The summed E-state index contributed by atoms with van der Waals surface area (Å²) in [5.74, 6) is 0.135. The van der Waals surface area contributed by atoms with E-state index in [2.05, 4.69) is 11.4 Å². The van der Waals surface area contributed by atoms with Crippen LogP contribution in [0.15, 0.2) is 18.2 Å². The van der Waals surface area contributed by atoms with Gasteiger partial charge in [-0.05, 0) is 49.4 Å². The molecule has 0 aromatic heterocycles. The number of halogens is 1. The van der Waals surface area contributed by atoms with Crippen LogP contribution in [0.4, 0.5) is 10.1 Å². The third-order valence-corrected chi connectivity index (χ3v) is 3.87. The summed E-state index contributed by atoms with van der Waals surface area (Å²) < 4.78 is 13.4. The van der Waals surface area contributed by atoms with Crippen molar-refractivity contribution in [3.63, 3.8) is 0 Å². The summed E-state index contributed by atoms with van der Waals surface area (Å²) in [5, 5.41) is 12.6. The van der Waals surface area contributed by atoms with Gasteiger partial charge >= 0.3 is 0 Å². The Hall–Kier alpha value is -1.56. The molecule has 0 radical (unpaired) electrons. The van der Waals surface area contributed by atoms with E-state index in [9.17, 15) is 9.65 Å². The molecule has 19 heavy (non-hydrogen) atoms. The van der Waals surface area contributed by atoms with Crippen LogP contribution >= 0.6 is 0 Å². The predicted molar refractivity (Wildman–Crippen MR) is 75.4 cm³/mol. The summed E-state index contributed by atoms with van der Waals surface area (Å²) in [4.78, 5) is 0. The van der Waals surface area contributed by atoms with E-state index in [-0.39, 0.29) is 11.9 Å². The quantitative estimate of drug-likeness (QED) is 0.817. The second-order valence-corrected chi connectivity index (χ2v) is 5.52. The fourth-order valence-corrected chi connectivity index (χ4v) is 2.90. The molecule has 1 aliphatic carbocycles. The molecule has 0 amide bonds. The number of rotatable bonds is 3. The zero-order valence-corrected chi connectivity index (χ0v) is 11.5. The number of nitrogens with zero attached hydrogens (tertiary/aromatic N) is 1. The Bertz CT molecular complexity index is 436. The number of nitrogens with one attached hydrogen (secondary N) is 1. The second kappa shape index (κ2) is 6.56. The maximum atomic E-state index is 13.4. The molecule has 1 fully saturated rings. The van der Waals surface area contributed by atoms with Crippen LogP contribution in [0.25, 0.3) is 0 Å². The maximum absolute atomic E-state index is 13.4. The molecule has 1 aromatic rings. The number of hydrogen-bond acceptors (Lipinski definition) is 2. The van der Waals surface area contributed by atoms with E-state index in [1.54, 1.807) is 0 Å². The van der Waals surface area contributed by atoms with E-state index >= 15 is 0 Å². The predicted octanol–water partition coefficient (Wildman–Crippen LogP) is 4.41. The topological polar surface area (TPSA) is 35.8 Å². The van der Waals surface area contributed by atoms with Gasteiger partial charge in [0, 0.05) is 5.69 Å². The number of hydrogen-bond donors (Lipinski definition) is 1. The minimum atomic E-state index is -0.250. The van der Waals surface area contributed by atoms with Gasteiger partial charge in [0.15, 0.2) is 0 Å². The van der Waals surface area contributed by atoms with E-state index in [4.69, 9.17) is 0 Å². The van der Waals surface area contributed by atoms with Crippen molar-refractivity contribution in [2.45, 2.75) is 51.5 Å². The first-order valence-corrected chi connectivity index (χ1v) is 7.12. The van der Waals surface area contributed by atoms with Gasteiger partial charge < -0.3 is 5.32 Å². The lowest BCUT2D eigenvalue weighted by Gasteiger charge is -2.22. The summed E-state index contributed by atoms with van der Waals surface area (Å²) in [6.45, 7) is 1.86. The molecule has 0 bridgehead atoms. The van der Waals surface area contributed by atoms with Crippen molar-refractivity contribution in [1.29, 1.82) is 5.26 Å². The number of nitriles is 1. The van der Waals surface area contributed by atoms with Gasteiger partial charge in [-0.15, -0.1) is 0 Å². The highest BCUT2D eigenvalue weighted by Crippen LogP contribution is 2.27. The Balaban J connectivity index is 2.07. The molecule has 1 unspecified atom stereocenters. The van der Waals surface area contributed by atoms with Gasteiger partial charge in [0.2, 0.25) is 0 Å². The van der Waals surface area contributed by atoms with Gasteiger partial charge in [-0.25, -0.2) is 4.39 Å². The maximum Gasteiger partial charge on any atom is 0.125 e. The van der Waals surface area contributed by atoms with E-state index in [0.717, 1.165) is 18.4 Å². The molecule has 3 heteroatoms. The third kappa shape index (κ3) is 3.96. The Morgan fingerprint density at radius 1 is 1.21 bits per heavy atom. The van der Waals surface area contributed by atoms with Gasteiger partial charge in [-0.2, -0.15) is 5.26 Å². The highest BCUT2D eigenvalue weighted by Gasteiger charge is 2.22. The lowest BCUT2D eigenvalue weighted by Crippen LogP contribution is -2.27. The smallest absolute Gasteiger partial charge is 0.125 e. The molecule has 0 heterocycles. The molecule has 1 aromatic carbocycles. The van der Waals surface area contributed by atoms with E-state index in [1.165, 1.54) is 37.8 Å². The van der Waals surface area contributed by atoms with Crippen molar-refractivity contribution in [2.75, 3.05) is 5.32 Å². The molecule has 1 atom stereocenters. The monoisotopic (exact) mass is 260 g/mol. The zero-order valence-electron chi connectivity index (χ0n) is 11.5. The minimum absolute atomic E-state index is 0.209. The molecule has 0 aliphatic heterocycles. The van der Waals surface area contributed by atoms with Gasteiger partial charge in [-0.3, -0.25) is 0 Å². The van der Waals surface area contributed by atoms with Crippen LogP contribution in [0.5, 0.6) is 0 Å². The number of aryl methyl sites for hydroxylation is 1. The number of benzene rings is 1. The van der Waals surface area contributed by atoms with Crippen molar-refractivity contribution in [2.24, 2.45) is 5.92 Å². The lowest BCUT2D eigenvalue weighted by molar-refractivity contribution is 0.439. The van der Waals surface area contributed by atoms with Crippen LogP contribution in [0.2, 0.25) is 0 Å². The van der Waals surface area contributed by atoms with Gasteiger partial charge in [0.25, 0.3) is 0 Å². The van der Waals surface area contributed by atoms with Crippen LogP contribution < -0.4 is 5.32 Å². The molecule has 102 valence electrons. The van der Waals surface area contributed by atoms with Crippen molar-refractivity contribution in [3.05, 3.63) is 29.6 Å². The van der Waals surface area contributed by atoms with Crippen molar-refractivity contribution in [3.8, 4) is 6.07 Å². The van der Waals surface area contributed by atoms with E-state index < -0.39 is 0 Å². The SMILES string of the molecule is Cc1cc(F)cc(NC(C#N)C2CCCCCC2)c1. The average Bonchev–Trinajstić information content (AvgIpc) is 2.63. The third-order valence-electron chi connectivity index (χ3n) is 3.87. The molecule has 1 saturated carbocycles. The Morgan fingerprint density at radius 2 is 1.89 bits per heavy atom. The number of anilines is 1. The molecular weight excluding hydrogens is 239 g/mol. The summed E-state index contributed by atoms with van der Waals surface area (Å²) in [7, 11) is 0. The Labute approximate surface area is 114 Å². The van der Waals surface area contributed by atoms with E-state index in [1.807, 2.05) is 13.0 Å². The highest BCUT2D eigenvalue weighted by molar-refractivity contribution is 5.48. The molecule has 1 aliphatic rings. The normalized spacial score (nSPS) is 18.4. The summed E-state index contributed by atoms with van der Waals surface area (Å²) >= 11 is 0. The Kier molecular flexibility index (Phi) is 4.79. The van der Waals surface area contributed by atoms with Crippen LogP contribution in [0.1, 0.15) is 44.1 Å². The first-order chi connectivity index (χ1) is 9.19. The summed E-state index contributed by atoms with van der Waals surface area (Å²) in [6, 6.07) is 7.00. The standard InChI is InChI=1S/C16H21FN2/c1-12-8-14(17)10-15(9-12)19-16(11-18)13-6-4-2-3-5-7-13/h8-10,13,16,19H,2-7H2,1H3. The fraction of sp³-hybridized carbons (Fsp3) is 0.562. The molecule has 2 rings (SSSR count). The van der Waals surface area contributed by atoms with Gasteiger partial charge in [-0.1, -0.05) is 25.7 Å². The van der Waals surface area contributed by atoms with Gasteiger partial charge in [0.1, 0.15) is 11.9 Å². The average molecular weight is 260 g/mol. The first kappa shape index (κ1) is 13.9. The zero-order chi connectivity index (χ0) is 13.7.